The minimum atomic E-state index is -1.36. The molecule has 0 saturated carbocycles. The van der Waals surface area contributed by atoms with E-state index < -0.39 is 5.31 Å². The number of halogens is 1. The van der Waals surface area contributed by atoms with Gasteiger partial charge in [0.1, 0.15) is 0 Å². The molecular formula is C8H20BrP. The first-order chi connectivity index (χ1) is 4.17. The van der Waals surface area contributed by atoms with E-state index in [9.17, 15) is 0 Å². The molecule has 0 spiro atoms. The van der Waals surface area contributed by atoms with Crippen LogP contribution in [0.3, 0.4) is 0 Å². The van der Waals surface area contributed by atoms with Crippen molar-refractivity contribution >= 4 is 20.8 Å². The van der Waals surface area contributed by atoms with Crippen LogP contribution in [-0.2, 0) is 0 Å². The van der Waals surface area contributed by atoms with E-state index >= 15 is 0 Å². The summed E-state index contributed by atoms with van der Waals surface area (Å²) >= 11 is 3.84. The average Bonchev–Trinajstić information content (AvgIpc) is 1.57. The van der Waals surface area contributed by atoms with Gasteiger partial charge in [-0.25, -0.2) is 0 Å². The summed E-state index contributed by atoms with van der Waals surface area (Å²) < 4.78 is 0. The summed E-state index contributed by atoms with van der Waals surface area (Å²) in [5.41, 5.74) is 0. The van der Waals surface area contributed by atoms with Crippen LogP contribution in [0.4, 0.5) is 0 Å². The molecule has 0 aromatic rings. The summed E-state index contributed by atoms with van der Waals surface area (Å²) in [6.07, 6.45) is 2.72. The van der Waals surface area contributed by atoms with E-state index in [0.717, 1.165) is 5.92 Å². The molecule has 0 radical (unpaired) electrons. The molecular weight excluding hydrogens is 207 g/mol. The van der Waals surface area contributed by atoms with Crippen LogP contribution >= 0.6 is 20.8 Å². The van der Waals surface area contributed by atoms with Gasteiger partial charge in [-0.2, -0.15) is 0 Å². The van der Waals surface area contributed by atoms with Crippen LogP contribution in [0, 0.1) is 5.92 Å². The Kier molecular flexibility index (Phi) is 3.39. The van der Waals surface area contributed by atoms with Gasteiger partial charge in [0.05, 0.1) is 0 Å². The zero-order chi connectivity index (χ0) is 8.44. The van der Waals surface area contributed by atoms with Gasteiger partial charge in [0.25, 0.3) is 0 Å². The molecule has 64 valence electrons. The Balaban J connectivity index is 3.70. The third kappa shape index (κ3) is 8.91. The van der Waals surface area contributed by atoms with E-state index in [1.807, 2.05) is 0 Å². The first-order valence-corrected chi connectivity index (χ1v) is 9.67. The zero-order valence-electron chi connectivity index (χ0n) is 7.82. The zero-order valence-corrected chi connectivity index (χ0v) is 10.3. The van der Waals surface area contributed by atoms with Crippen LogP contribution < -0.4 is 0 Å². The third-order valence-corrected chi connectivity index (χ3v) is 4.29. The Morgan fingerprint density at radius 3 is 1.70 bits per heavy atom. The monoisotopic (exact) mass is 226 g/mol. The SMILES string of the molecule is CC(C)CCP(C)(C)(C)Br. The first-order valence-electron chi connectivity index (χ1n) is 3.89. The molecule has 0 amide bonds. The number of hydrogen-bond acceptors (Lipinski definition) is 0. The van der Waals surface area contributed by atoms with Gasteiger partial charge in [-0.15, -0.1) is 0 Å². The molecule has 0 aromatic heterocycles. The van der Waals surface area contributed by atoms with Crippen LogP contribution in [0.25, 0.3) is 0 Å². The molecule has 0 heterocycles. The molecule has 2 heteroatoms. The average molecular weight is 227 g/mol. The van der Waals surface area contributed by atoms with Gasteiger partial charge < -0.3 is 0 Å². The van der Waals surface area contributed by atoms with Crippen LogP contribution in [-0.4, -0.2) is 26.2 Å². The molecule has 0 aliphatic carbocycles. The number of hydrogen-bond donors (Lipinski definition) is 0. The quantitative estimate of drug-likeness (QED) is 0.643. The van der Waals surface area contributed by atoms with Gasteiger partial charge >= 0.3 is 73.1 Å². The summed E-state index contributed by atoms with van der Waals surface area (Å²) in [6.45, 7) is 11.7. The maximum absolute atomic E-state index is 3.84. The van der Waals surface area contributed by atoms with Gasteiger partial charge in [-0.3, -0.25) is 0 Å². The van der Waals surface area contributed by atoms with E-state index in [0.29, 0.717) is 0 Å². The van der Waals surface area contributed by atoms with Crippen molar-refractivity contribution in [3.05, 3.63) is 0 Å². The van der Waals surface area contributed by atoms with Crippen molar-refractivity contribution in [2.45, 2.75) is 20.3 Å². The molecule has 0 N–H and O–H groups in total. The summed E-state index contributed by atoms with van der Waals surface area (Å²) in [4.78, 5) is 0. The van der Waals surface area contributed by atoms with Crippen LogP contribution in [0.1, 0.15) is 20.3 Å². The Bertz CT molecular complexity index is 101. The van der Waals surface area contributed by atoms with E-state index in [-0.39, 0.29) is 0 Å². The van der Waals surface area contributed by atoms with Crippen molar-refractivity contribution in [2.24, 2.45) is 5.92 Å². The summed E-state index contributed by atoms with van der Waals surface area (Å²) in [7, 11) is 0. The van der Waals surface area contributed by atoms with Crippen molar-refractivity contribution in [3.63, 3.8) is 0 Å². The molecule has 0 fully saturated rings. The van der Waals surface area contributed by atoms with Crippen LogP contribution in [0.2, 0.25) is 0 Å². The summed E-state index contributed by atoms with van der Waals surface area (Å²) in [5, 5.41) is -1.36. The molecule has 10 heavy (non-hydrogen) atoms. The fourth-order valence-corrected chi connectivity index (χ4v) is 2.70. The minimum absolute atomic E-state index is 0.846. The van der Waals surface area contributed by atoms with Gasteiger partial charge in [-0.05, 0) is 0 Å². The molecule has 0 unspecified atom stereocenters. The molecule has 0 aliphatic rings. The normalized spacial score (nSPS) is 16.9. The fourth-order valence-electron chi connectivity index (χ4n) is 0.694. The Hall–Kier alpha value is 0.910. The van der Waals surface area contributed by atoms with Crippen LogP contribution in [0.5, 0.6) is 0 Å². The molecule has 0 rings (SSSR count). The Morgan fingerprint density at radius 2 is 1.60 bits per heavy atom. The molecule has 0 aromatic carbocycles. The Labute approximate surface area is 73.4 Å². The molecule has 0 aliphatic heterocycles. The molecule has 0 atom stereocenters. The number of rotatable bonds is 3. The van der Waals surface area contributed by atoms with Gasteiger partial charge in [0, 0.05) is 0 Å². The van der Waals surface area contributed by atoms with Gasteiger partial charge in [0.2, 0.25) is 0 Å². The van der Waals surface area contributed by atoms with E-state index in [2.05, 4.69) is 49.3 Å². The van der Waals surface area contributed by atoms with Crippen molar-refractivity contribution in [2.75, 3.05) is 26.2 Å². The first kappa shape index (κ1) is 10.9. The summed E-state index contributed by atoms with van der Waals surface area (Å²) in [5.74, 6) is 0.846. The van der Waals surface area contributed by atoms with Crippen molar-refractivity contribution < 1.29 is 0 Å². The topological polar surface area (TPSA) is 0 Å². The van der Waals surface area contributed by atoms with Crippen molar-refractivity contribution in [3.8, 4) is 0 Å². The van der Waals surface area contributed by atoms with Crippen molar-refractivity contribution in [1.82, 2.24) is 0 Å². The molecule has 0 bridgehead atoms. The standard InChI is InChI=1S/C8H20BrP/c1-8(2)6-7-10(3,4,5)9/h8H,6-7H2,1-5H3. The maximum atomic E-state index is 3.84. The molecule has 0 saturated heterocycles. The predicted octanol–water partition coefficient (Wildman–Crippen LogP) is 3.79. The second-order valence-corrected chi connectivity index (χ2v) is 19.0. The second-order valence-electron chi connectivity index (χ2n) is 4.82. The third-order valence-electron chi connectivity index (χ3n) is 1.46. The predicted molar refractivity (Wildman–Crippen MR) is 57.9 cm³/mol. The van der Waals surface area contributed by atoms with Crippen molar-refractivity contribution in [1.29, 1.82) is 0 Å². The Morgan fingerprint density at radius 1 is 1.20 bits per heavy atom. The van der Waals surface area contributed by atoms with Gasteiger partial charge in [0.15, 0.2) is 0 Å². The van der Waals surface area contributed by atoms with E-state index in [1.165, 1.54) is 12.6 Å². The molecule has 0 nitrogen and oxygen atoms in total. The van der Waals surface area contributed by atoms with E-state index in [1.54, 1.807) is 0 Å². The summed E-state index contributed by atoms with van der Waals surface area (Å²) in [6, 6.07) is 0. The van der Waals surface area contributed by atoms with Gasteiger partial charge in [-0.1, -0.05) is 0 Å². The van der Waals surface area contributed by atoms with Crippen LogP contribution in [0.15, 0.2) is 0 Å². The fraction of sp³-hybridized carbons (Fsp3) is 1.00. The second kappa shape index (κ2) is 3.11. The van der Waals surface area contributed by atoms with E-state index in [4.69, 9.17) is 0 Å².